The number of ketones is 2. The molecule has 0 amide bonds. The first-order chi connectivity index (χ1) is 16.1. The summed E-state index contributed by atoms with van der Waals surface area (Å²) in [5.41, 5.74) is -8.87. The minimum absolute atomic E-state index is 0.0297. The van der Waals surface area contributed by atoms with E-state index in [0.29, 0.717) is 0 Å². The van der Waals surface area contributed by atoms with Crippen molar-refractivity contribution in [2.45, 2.75) is 88.7 Å². The van der Waals surface area contributed by atoms with Crippen LogP contribution in [0.25, 0.3) is 0 Å². The molecule has 3 aliphatic carbocycles. The zero-order valence-corrected chi connectivity index (χ0v) is 20.4. The van der Waals surface area contributed by atoms with Crippen LogP contribution in [0.15, 0.2) is 0 Å². The van der Waals surface area contributed by atoms with Gasteiger partial charge in [0.05, 0.1) is 24.7 Å². The van der Waals surface area contributed by atoms with Gasteiger partial charge in [0.15, 0.2) is 22.8 Å². The van der Waals surface area contributed by atoms with E-state index in [4.69, 9.17) is 18.9 Å². The van der Waals surface area contributed by atoms with Gasteiger partial charge in [-0.15, -0.1) is 0 Å². The number of carbonyl (C=O) groups is 4. The summed E-state index contributed by atoms with van der Waals surface area (Å²) in [5.74, 6) is -5.00. The SMILES string of the molecule is CC(=O)OC1CC2OCC2(OC(C)=O)C2C(O)C3CC(=O)C4(C)OCC3(C)C4(O)C(O)C(=O)C12C. The topological polar surface area (TPSA) is 166 Å². The highest BCUT2D eigenvalue weighted by Gasteiger charge is 2.83. The van der Waals surface area contributed by atoms with Crippen LogP contribution in [0.2, 0.25) is 0 Å². The monoisotopic (exact) mass is 496 g/mol. The van der Waals surface area contributed by atoms with E-state index in [2.05, 4.69) is 0 Å². The predicted octanol–water partition coefficient (Wildman–Crippen LogP) is -0.935. The second-order valence-corrected chi connectivity index (χ2v) is 11.4. The maximum atomic E-state index is 14.3. The Morgan fingerprint density at radius 3 is 2.26 bits per heavy atom. The van der Waals surface area contributed by atoms with Crippen molar-refractivity contribution < 1.29 is 53.4 Å². The minimum Gasteiger partial charge on any atom is -0.461 e. The van der Waals surface area contributed by atoms with Crippen molar-refractivity contribution in [3.05, 3.63) is 0 Å². The van der Waals surface area contributed by atoms with Gasteiger partial charge in [-0.2, -0.15) is 0 Å². The summed E-state index contributed by atoms with van der Waals surface area (Å²) in [4.78, 5) is 51.8. The first-order valence-electron chi connectivity index (χ1n) is 11.9. The number of Topliss-reactive ketones (excluding diaryl/α,β-unsaturated/α-hetero) is 2. The smallest absolute Gasteiger partial charge is 0.303 e. The molecule has 11 nitrogen and oxygen atoms in total. The first kappa shape index (κ1) is 24.8. The molecule has 11 atom stereocenters. The van der Waals surface area contributed by atoms with Gasteiger partial charge in [0.2, 0.25) is 0 Å². The Kier molecular flexibility index (Phi) is 5.02. The molecule has 0 radical (unpaired) electrons. The maximum absolute atomic E-state index is 14.3. The average Bonchev–Trinajstić information content (AvgIpc) is 2.91. The van der Waals surface area contributed by atoms with Gasteiger partial charge in [-0.3, -0.25) is 19.2 Å². The van der Waals surface area contributed by atoms with Crippen LogP contribution in [0, 0.1) is 22.7 Å². The number of hydrogen-bond donors (Lipinski definition) is 3. The van der Waals surface area contributed by atoms with E-state index < -0.39 is 87.4 Å². The van der Waals surface area contributed by atoms with E-state index in [1.165, 1.54) is 27.7 Å². The predicted molar refractivity (Wildman–Crippen MR) is 114 cm³/mol. The molecule has 2 saturated heterocycles. The molecule has 11 unspecified atom stereocenters. The second kappa shape index (κ2) is 7.10. The van der Waals surface area contributed by atoms with Crippen molar-refractivity contribution in [3.8, 4) is 0 Å². The Hall–Kier alpha value is -1.92. The summed E-state index contributed by atoms with van der Waals surface area (Å²) >= 11 is 0. The molecule has 3 saturated carbocycles. The molecule has 35 heavy (non-hydrogen) atoms. The van der Waals surface area contributed by atoms with Crippen LogP contribution in [0.5, 0.6) is 0 Å². The summed E-state index contributed by atoms with van der Waals surface area (Å²) in [7, 11) is 0. The summed E-state index contributed by atoms with van der Waals surface area (Å²) in [6.07, 6.45) is -5.76. The van der Waals surface area contributed by atoms with Crippen molar-refractivity contribution in [2.75, 3.05) is 13.2 Å². The van der Waals surface area contributed by atoms with Gasteiger partial charge in [-0.25, -0.2) is 0 Å². The molecule has 5 aliphatic rings. The number of aliphatic hydroxyl groups excluding tert-OH is 2. The number of aliphatic hydroxyl groups is 3. The molecule has 0 aromatic heterocycles. The van der Waals surface area contributed by atoms with Gasteiger partial charge in [0, 0.05) is 43.9 Å². The Morgan fingerprint density at radius 2 is 1.71 bits per heavy atom. The Labute approximate surface area is 202 Å². The molecule has 5 fully saturated rings. The number of hydrogen-bond acceptors (Lipinski definition) is 11. The molecule has 2 aliphatic heterocycles. The minimum atomic E-state index is -2.35. The lowest BCUT2D eigenvalue weighted by Gasteiger charge is -2.67. The zero-order valence-electron chi connectivity index (χ0n) is 20.4. The second-order valence-electron chi connectivity index (χ2n) is 11.4. The standard InChI is InChI=1S/C24H32O11/c1-10(25)34-14-7-15-23(9-32-15,35-11(2)26)17-16(28)12-6-13(27)22(5)24(31,20(12,3)8-33-22)19(30)18(29)21(14,17)4/h12,14-17,19,28,30-31H,6-9H2,1-5H3. The van der Waals surface area contributed by atoms with Crippen molar-refractivity contribution in [1.82, 2.24) is 0 Å². The molecule has 4 bridgehead atoms. The van der Waals surface area contributed by atoms with Crippen molar-refractivity contribution in [2.24, 2.45) is 22.7 Å². The van der Waals surface area contributed by atoms with Crippen LogP contribution in [0.1, 0.15) is 47.5 Å². The van der Waals surface area contributed by atoms with Crippen molar-refractivity contribution in [3.63, 3.8) is 0 Å². The molecule has 194 valence electrons. The molecular formula is C24H32O11. The summed E-state index contributed by atoms with van der Waals surface area (Å²) in [6, 6.07) is 0. The highest BCUT2D eigenvalue weighted by molar-refractivity contribution is 5.97. The van der Waals surface area contributed by atoms with Gasteiger partial charge < -0.3 is 34.3 Å². The number of carbonyl (C=O) groups excluding carboxylic acids is 4. The Bertz CT molecular complexity index is 1030. The van der Waals surface area contributed by atoms with E-state index in [-0.39, 0.29) is 26.1 Å². The van der Waals surface area contributed by atoms with Crippen LogP contribution in [-0.2, 0) is 38.1 Å². The van der Waals surface area contributed by atoms with E-state index in [1.807, 2.05) is 0 Å². The van der Waals surface area contributed by atoms with Crippen LogP contribution in [0.3, 0.4) is 0 Å². The Balaban J connectivity index is 1.77. The molecular weight excluding hydrogens is 464 g/mol. The first-order valence-corrected chi connectivity index (χ1v) is 11.9. The number of esters is 2. The third kappa shape index (κ3) is 2.58. The van der Waals surface area contributed by atoms with Gasteiger partial charge in [-0.05, 0) is 13.8 Å². The third-order valence-electron chi connectivity index (χ3n) is 9.91. The molecule has 11 heteroatoms. The molecule has 0 spiro atoms. The molecule has 5 rings (SSSR count). The molecule has 0 aromatic rings. The average molecular weight is 497 g/mol. The third-order valence-corrected chi connectivity index (χ3v) is 9.91. The van der Waals surface area contributed by atoms with Gasteiger partial charge in [0.25, 0.3) is 0 Å². The van der Waals surface area contributed by atoms with Crippen molar-refractivity contribution in [1.29, 1.82) is 0 Å². The van der Waals surface area contributed by atoms with E-state index >= 15 is 0 Å². The summed E-state index contributed by atoms with van der Waals surface area (Å²) in [5, 5.41) is 35.6. The number of ether oxygens (including phenoxy) is 4. The van der Waals surface area contributed by atoms with Crippen LogP contribution >= 0.6 is 0 Å². The molecule has 0 aromatic carbocycles. The Morgan fingerprint density at radius 1 is 1.06 bits per heavy atom. The molecule has 3 N–H and O–H groups in total. The fourth-order valence-electron chi connectivity index (χ4n) is 7.97. The van der Waals surface area contributed by atoms with Gasteiger partial charge in [0.1, 0.15) is 23.9 Å². The van der Waals surface area contributed by atoms with Crippen LogP contribution < -0.4 is 0 Å². The fourth-order valence-corrected chi connectivity index (χ4v) is 7.97. The number of rotatable bonds is 2. The highest BCUT2D eigenvalue weighted by atomic mass is 16.6. The van der Waals surface area contributed by atoms with E-state index in [9.17, 15) is 34.5 Å². The van der Waals surface area contributed by atoms with Crippen molar-refractivity contribution >= 4 is 23.5 Å². The largest absolute Gasteiger partial charge is 0.461 e. The lowest BCUT2D eigenvalue weighted by Crippen LogP contribution is -2.83. The summed E-state index contributed by atoms with van der Waals surface area (Å²) in [6.45, 7) is 6.44. The van der Waals surface area contributed by atoms with Gasteiger partial charge >= 0.3 is 11.9 Å². The molecule has 2 heterocycles. The van der Waals surface area contributed by atoms with E-state index in [1.54, 1.807) is 6.92 Å². The lowest BCUT2D eigenvalue weighted by molar-refractivity contribution is -0.343. The lowest BCUT2D eigenvalue weighted by atomic mass is 9.42. The fraction of sp³-hybridized carbons (Fsp3) is 0.833. The zero-order chi connectivity index (χ0) is 25.9. The van der Waals surface area contributed by atoms with Crippen LogP contribution in [-0.4, -0.2) is 93.3 Å². The van der Waals surface area contributed by atoms with Crippen LogP contribution in [0.4, 0.5) is 0 Å². The maximum Gasteiger partial charge on any atom is 0.303 e. The van der Waals surface area contributed by atoms with E-state index in [0.717, 1.165) is 0 Å². The number of fused-ring (bicyclic) bond motifs is 3. The highest BCUT2D eigenvalue weighted by Crippen LogP contribution is 2.67. The normalized spacial score (nSPS) is 54.5. The quantitative estimate of drug-likeness (QED) is 0.404. The summed E-state index contributed by atoms with van der Waals surface area (Å²) < 4.78 is 22.8. The van der Waals surface area contributed by atoms with Gasteiger partial charge in [-0.1, -0.05) is 6.92 Å².